The van der Waals surface area contributed by atoms with Gasteiger partial charge in [0.1, 0.15) is 23.0 Å². The maximum atomic E-state index is 12.1. The molecule has 5 heteroatoms. The third kappa shape index (κ3) is 5.14. The van der Waals surface area contributed by atoms with Gasteiger partial charge in [0, 0.05) is 24.9 Å². The molecule has 0 bridgehead atoms. The number of ether oxygens (including phenoxy) is 2. The van der Waals surface area contributed by atoms with Gasteiger partial charge in [0.25, 0.3) is 0 Å². The Morgan fingerprint density at radius 3 is 2.15 bits per heavy atom. The van der Waals surface area contributed by atoms with Gasteiger partial charge in [-0.15, -0.1) is 0 Å². The third-order valence-electron chi connectivity index (χ3n) is 4.28. The zero-order chi connectivity index (χ0) is 19.1. The number of nitrogens with one attached hydrogen (secondary N) is 1. The van der Waals surface area contributed by atoms with Crippen LogP contribution in [0.2, 0.25) is 0 Å². The van der Waals surface area contributed by atoms with Gasteiger partial charge in [-0.2, -0.15) is 0 Å². The minimum absolute atomic E-state index is 0.00628. The summed E-state index contributed by atoms with van der Waals surface area (Å²) in [5.74, 6) is 3.18. The molecule has 0 aliphatic rings. The summed E-state index contributed by atoms with van der Waals surface area (Å²) in [4.78, 5) is 12.1. The minimum atomic E-state index is -0.00628. The number of benzene rings is 2. The molecule has 27 heavy (non-hydrogen) atoms. The Balaban J connectivity index is 1.47. The van der Waals surface area contributed by atoms with Gasteiger partial charge in [0.05, 0.1) is 14.2 Å². The highest BCUT2D eigenvalue weighted by molar-refractivity contribution is 5.76. The molecule has 1 N–H and O–H groups in total. The summed E-state index contributed by atoms with van der Waals surface area (Å²) in [6.45, 7) is 0.498. The fourth-order valence-corrected chi connectivity index (χ4v) is 2.69. The van der Waals surface area contributed by atoms with E-state index in [9.17, 15) is 4.79 Å². The number of aryl methyl sites for hydroxylation is 1. The zero-order valence-electron chi connectivity index (χ0n) is 15.5. The van der Waals surface area contributed by atoms with Crippen LogP contribution in [0.25, 0.3) is 11.3 Å². The number of methoxy groups -OCH3 is 2. The standard InChI is InChI=1S/C22H23NO4/c1-25-18-7-3-16(4-8-18)15-23-22(24)14-12-20-11-13-21(27-20)17-5-9-19(26-2)10-6-17/h3-11,13H,12,14-15H2,1-2H3,(H,23,24). The lowest BCUT2D eigenvalue weighted by Crippen LogP contribution is -2.22. The topological polar surface area (TPSA) is 60.7 Å². The van der Waals surface area contributed by atoms with Crippen LogP contribution in [0.3, 0.4) is 0 Å². The Labute approximate surface area is 158 Å². The molecule has 0 aliphatic heterocycles. The number of carbonyl (C=O) groups excluding carboxylic acids is 1. The van der Waals surface area contributed by atoms with Gasteiger partial charge in [-0.25, -0.2) is 0 Å². The van der Waals surface area contributed by atoms with E-state index in [4.69, 9.17) is 13.9 Å². The van der Waals surface area contributed by atoms with E-state index in [-0.39, 0.29) is 5.91 Å². The second-order valence-electron chi connectivity index (χ2n) is 6.12. The first-order valence-corrected chi connectivity index (χ1v) is 8.80. The summed E-state index contributed by atoms with van der Waals surface area (Å²) < 4.78 is 16.1. The smallest absolute Gasteiger partial charge is 0.220 e. The molecular formula is C22H23NO4. The van der Waals surface area contributed by atoms with Crippen molar-refractivity contribution in [2.24, 2.45) is 0 Å². The van der Waals surface area contributed by atoms with E-state index in [1.54, 1.807) is 14.2 Å². The van der Waals surface area contributed by atoms with Gasteiger partial charge in [-0.3, -0.25) is 4.79 Å². The summed E-state index contributed by atoms with van der Waals surface area (Å²) in [5, 5.41) is 2.92. The van der Waals surface area contributed by atoms with Gasteiger partial charge in [-0.1, -0.05) is 12.1 Å². The van der Waals surface area contributed by atoms with E-state index in [0.717, 1.165) is 34.1 Å². The van der Waals surface area contributed by atoms with E-state index in [1.807, 2.05) is 60.7 Å². The second-order valence-corrected chi connectivity index (χ2v) is 6.12. The van der Waals surface area contributed by atoms with Crippen molar-refractivity contribution in [3.8, 4) is 22.8 Å². The fraction of sp³-hybridized carbons (Fsp3) is 0.227. The lowest BCUT2D eigenvalue weighted by Gasteiger charge is -2.06. The Morgan fingerprint density at radius 1 is 0.889 bits per heavy atom. The van der Waals surface area contributed by atoms with Crippen molar-refractivity contribution < 1.29 is 18.7 Å². The lowest BCUT2D eigenvalue weighted by molar-refractivity contribution is -0.121. The molecule has 0 saturated carbocycles. The van der Waals surface area contributed by atoms with Crippen molar-refractivity contribution in [3.05, 3.63) is 72.0 Å². The van der Waals surface area contributed by atoms with Crippen LogP contribution < -0.4 is 14.8 Å². The van der Waals surface area contributed by atoms with Crippen LogP contribution in [-0.2, 0) is 17.8 Å². The zero-order valence-corrected chi connectivity index (χ0v) is 15.5. The monoisotopic (exact) mass is 365 g/mol. The van der Waals surface area contributed by atoms with Crippen LogP contribution in [0.5, 0.6) is 11.5 Å². The van der Waals surface area contributed by atoms with E-state index >= 15 is 0 Å². The van der Waals surface area contributed by atoms with Crippen molar-refractivity contribution in [1.29, 1.82) is 0 Å². The first-order valence-electron chi connectivity index (χ1n) is 8.80. The Hall–Kier alpha value is -3.21. The quantitative estimate of drug-likeness (QED) is 0.649. The van der Waals surface area contributed by atoms with E-state index in [2.05, 4.69) is 5.32 Å². The summed E-state index contributed by atoms with van der Waals surface area (Å²) in [5.41, 5.74) is 2.01. The Bertz CT molecular complexity index is 866. The fourth-order valence-electron chi connectivity index (χ4n) is 2.69. The predicted molar refractivity (Wildman–Crippen MR) is 104 cm³/mol. The first kappa shape index (κ1) is 18.6. The minimum Gasteiger partial charge on any atom is -0.497 e. The Morgan fingerprint density at radius 2 is 1.52 bits per heavy atom. The molecule has 0 aliphatic carbocycles. The van der Waals surface area contributed by atoms with Crippen LogP contribution in [0.1, 0.15) is 17.7 Å². The van der Waals surface area contributed by atoms with Gasteiger partial charge in [-0.05, 0) is 54.1 Å². The van der Waals surface area contributed by atoms with Crippen LogP contribution in [0, 0.1) is 0 Å². The average molecular weight is 365 g/mol. The van der Waals surface area contributed by atoms with Crippen LogP contribution in [0.4, 0.5) is 0 Å². The summed E-state index contributed by atoms with van der Waals surface area (Å²) in [6.07, 6.45) is 0.941. The predicted octanol–water partition coefficient (Wildman–Crippen LogP) is 4.21. The summed E-state index contributed by atoms with van der Waals surface area (Å²) >= 11 is 0. The second kappa shape index (κ2) is 8.94. The maximum Gasteiger partial charge on any atom is 0.220 e. The largest absolute Gasteiger partial charge is 0.497 e. The molecule has 3 rings (SSSR count). The highest BCUT2D eigenvalue weighted by Crippen LogP contribution is 2.25. The molecule has 0 fully saturated rings. The number of hydrogen-bond donors (Lipinski definition) is 1. The molecular weight excluding hydrogens is 342 g/mol. The average Bonchev–Trinajstić information content (AvgIpc) is 3.20. The molecule has 140 valence electrons. The van der Waals surface area contributed by atoms with E-state index in [1.165, 1.54) is 0 Å². The number of rotatable bonds is 8. The molecule has 0 atom stereocenters. The molecule has 3 aromatic rings. The SMILES string of the molecule is COc1ccc(CNC(=O)CCc2ccc(-c3ccc(OC)cc3)o2)cc1. The molecule has 1 aromatic heterocycles. The van der Waals surface area contributed by atoms with Crippen LogP contribution in [0.15, 0.2) is 65.1 Å². The number of carbonyl (C=O) groups is 1. The number of hydrogen-bond acceptors (Lipinski definition) is 4. The summed E-state index contributed by atoms with van der Waals surface area (Å²) in [7, 11) is 3.27. The van der Waals surface area contributed by atoms with Gasteiger partial charge in [0.2, 0.25) is 5.91 Å². The molecule has 2 aromatic carbocycles. The van der Waals surface area contributed by atoms with Gasteiger partial charge in [0.15, 0.2) is 0 Å². The lowest BCUT2D eigenvalue weighted by atomic mass is 10.2. The molecule has 0 saturated heterocycles. The van der Waals surface area contributed by atoms with Crippen molar-refractivity contribution in [2.75, 3.05) is 14.2 Å². The van der Waals surface area contributed by atoms with E-state index < -0.39 is 0 Å². The number of furan rings is 1. The maximum absolute atomic E-state index is 12.1. The van der Waals surface area contributed by atoms with Crippen molar-refractivity contribution >= 4 is 5.91 Å². The van der Waals surface area contributed by atoms with E-state index in [0.29, 0.717) is 19.4 Å². The molecule has 0 spiro atoms. The Kier molecular flexibility index (Phi) is 6.15. The molecule has 0 unspecified atom stereocenters. The van der Waals surface area contributed by atoms with Crippen LogP contribution in [-0.4, -0.2) is 20.1 Å². The third-order valence-corrected chi connectivity index (χ3v) is 4.28. The summed E-state index contributed by atoms with van der Waals surface area (Å²) in [6, 6.07) is 19.2. The van der Waals surface area contributed by atoms with Crippen LogP contribution >= 0.6 is 0 Å². The number of amides is 1. The first-order chi connectivity index (χ1) is 13.2. The van der Waals surface area contributed by atoms with Gasteiger partial charge >= 0.3 is 0 Å². The highest BCUT2D eigenvalue weighted by Gasteiger charge is 2.08. The normalized spacial score (nSPS) is 10.4. The molecule has 1 amide bonds. The van der Waals surface area contributed by atoms with Crippen molar-refractivity contribution in [3.63, 3.8) is 0 Å². The van der Waals surface area contributed by atoms with Gasteiger partial charge < -0.3 is 19.2 Å². The molecule has 5 nitrogen and oxygen atoms in total. The highest BCUT2D eigenvalue weighted by atomic mass is 16.5. The molecule has 0 radical (unpaired) electrons. The van der Waals surface area contributed by atoms with Crippen molar-refractivity contribution in [2.45, 2.75) is 19.4 Å². The van der Waals surface area contributed by atoms with Crippen molar-refractivity contribution in [1.82, 2.24) is 5.32 Å². The molecule has 1 heterocycles.